The predicted octanol–water partition coefficient (Wildman–Crippen LogP) is -0.172. The number of hydrogen-bond acceptors (Lipinski definition) is 4. The monoisotopic (exact) mass is 203 g/mol. The van der Waals surface area contributed by atoms with Gasteiger partial charge in [-0.2, -0.15) is 0 Å². The molecule has 0 heterocycles. The van der Waals surface area contributed by atoms with Crippen LogP contribution in [0.3, 0.4) is 0 Å². The molecule has 0 aromatic heterocycles. The molecule has 0 atom stereocenters. The van der Waals surface area contributed by atoms with E-state index in [2.05, 4.69) is 10.1 Å². The van der Waals surface area contributed by atoms with Gasteiger partial charge in [0.25, 0.3) is 0 Å². The van der Waals surface area contributed by atoms with Crippen molar-refractivity contribution < 1.29 is 19.4 Å². The average Bonchev–Trinajstić information content (AvgIpc) is 2.21. The Balaban J connectivity index is 3.32. The minimum Gasteiger partial charge on any atom is -0.469 e. The molecule has 0 rings (SSSR count). The van der Waals surface area contributed by atoms with Crippen LogP contribution in [-0.2, 0) is 14.3 Å². The summed E-state index contributed by atoms with van der Waals surface area (Å²) in [4.78, 5) is 21.7. The van der Waals surface area contributed by atoms with Gasteiger partial charge in [0.05, 0.1) is 13.5 Å². The topological polar surface area (TPSA) is 75.6 Å². The Labute approximate surface area is 83.4 Å². The molecule has 0 saturated carbocycles. The normalized spacial score (nSPS) is 9.57. The van der Waals surface area contributed by atoms with Crippen molar-refractivity contribution in [3.63, 3.8) is 0 Å². The third-order valence-corrected chi connectivity index (χ3v) is 1.69. The van der Waals surface area contributed by atoms with Crippen LogP contribution in [0.5, 0.6) is 0 Å². The first-order valence-electron chi connectivity index (χ1n) is 4.65. The van der Waals surface area contributed by atoms with Gasteiger partial charge in [0.2, 0.25) is 5.91 Å². The number of esters is 1. The molecule has 0 radical (unpaired) electrons. The zero-order valence-electron chi connectivity index (χ0n) is 8.41. The molecule has 0 aromatic carbocycles. The maximum atomic E-state index is 11.0. The summed E-state index contributed by atoms with van der Waals surface area (Å²) in [5, 5.41) is 11.1. The molecular formula is C9H17NO4. The summed E-state index contributed by atoms with van der Waals surface area (Å²) in [6.45, 7) is 0.679. The third-order valence-electron chi connectivity index (χ3n) is 1.69. The smallest absolute Gasteiger partial charge is 0.306 e. The van der Waals surface area contributed by atoms with Crippen molar-refractivity contribution in [2.45, 2.75) is 25.7 Å². The van der Waals surface area contributed by atoms with Gasteiger partial charge in [-0.05, 0) is 12.8 Å². The first-order chi connectivity index (χ1) is 6.70. The summed E-state index contributed by atoms with van der Waals surface area (Å²) in [6, 6.07) is 0. The highest BCUT2D eigenvalue weighted by Crippen LogP contribution is 1.92. The molecular weight excluding hydrogens is 186 g/mol. The number of nitrogens with one attached hydrogen (secondary N) is 1. The fourth-order valence-electron chi connectivity index (χ4n) is 0.871. The number of ether oxygens (including phenoxy) is 1. The first kappa shape index (κ1) is 12.9. The number of hydrogen-bond donors (Lipinski definition) is 2. The lowest BCUT2D eigenvalue weighted by Gasteiger charge is -2.03. The fourth-order valence-corrected chi connectivity index (χ4v) is 0.871. The van der Waals surface area contributed by atoms with Gasteiger partial charge < -0.3 is 15.2 Å². The minimum absolute atomic E-state index is 0.113. The van der Waals surface area contributed by atoms with Crippen molar-refractivity contribution in [3.8, 4) is 0 Å². The number of unbranched alkanes of at least 4 members (excludes halogenated alkanes) is 1. The van der Waals surface area contributed by atoms with Gasteiger partial charge in [0.15, 0.2) is 0 Å². The summed E-state index contributed by atoms with van der Waals surface area (Å²) in [7, 11) is 1.29. The van der Waals surface area contributed by atoms with Crippen LogP contribution in [0.1, 0.15) is 25.7 Å². The summed E-state index contributed by atoms with van der Waals surface area (Å²) in [5.41, 5.74) is 0. The largest absolute Gasteiger partial charge is 0.469 e. The second-order valence-corrected chi connectivity index (χ2v) is 2.86. The SMILES string of the molecule is COC(=O)CCC(=O)NCCCCO. The van der Waals surface area contributed by atoms with Crippen molar-refractivity contribution >= 4 is 11.9 Å². The Kier molecular flexibility index (Phi) is 7.83. The number of carbonyl (C=O) groups excluding carboxylic acids is 2. The molecule has 0 aromatic rings. The van der Waals surface area contributed by atoms with E-state index in [1.807, 2.05) is 0 Å². The maximum absolute atomic E-state index is 11.0. The van der Waals surface area contributed by atoms with Gasteiger partial charge in [-0.3, -0.25) is 9.59 Å². The zero-order chi connectivity index (χ0) is 10.8. The van der Waals surface area contributed by atoms with Crippen LogP contribution in [0.15, 0.2) is 0 Å². The summed E-state index contributed by atoms with van der Waals surface area (Å²) in [5.74, 6) is -0.538. The highest BCUT2D eigenvalue weighted by atomic mass is 16.5. The average molecular weight is 203 g/mol. The first-order valence-corrected chi connectivity index (χ1v) is 4.65. The molecule has 0 fully saturated rings. The van der Waals surface area contributed by atoms with Crippen molar-refractivity contribution in [2.24, 2.45) is 0 Å². The standard InChI is InChI=1S/C9H17NO4/c1-14-9(13)5-4-8(12)10-6-2-3-7-11/h11H,2-7H2,1H3,(H,10,12). The van der Waals surface area contributed by atoms with Gasteiger partial charge in [-0.15, -0.1) is 0 Å². The Hall–Kier alpha value is -1.10. The Morgan fingerprint density at radius 3 is 2.57 bits per heavy atom. The Bertz CT molecular complexity index is 182. The number of amides is 1. The molecule has 0 aliphatic rings. The van der Waals surface area contributed by atoms with Crippen LogP contribution in [-0.4, -0.2) is 37.2 Å². The van der Waals surface area contributed by atoms with E-state index in [0.717, 1.165) is 6.42 Å². The highest BCUT2D eigenvalue weighted by Gasteiger charge is 2.05. The van der Waals surface area contributed by atoms with Gasteiger partial charge in [0.1, 0.15) is 0 Å². The van der Waals surface area contributed by atoms with Crippen LogP contribution < -0.4 is 5.32 Å². The molecule has 5 heteroatoms. The van der Waals surface area contributed by atoms with Gasteiger partial charge >= 0.3 is 5.97 Å². The molecule has 14 heavy (non-hydrogen) atoms. The quantitative estimate of drug-likeness (QED) is 0.445. The van der Waals surface area contributed by atoms with E-state index in [4.69, 9.17) is 5.11 Å². The molecule has 82 valence electrons. The summed E-state index contributed by atoms with van der Waals surface area (Å²) >= 11 is 0. The van der Waals surface area contributed by atoms with Crippen LogP contribution in [0, 0.1) is 0 Å². The second-order valence-electron chi connectivity index (χ2n) is 2.86. The van der Waals surface area contributed by atoms with E-state index < -0.39 is 0 Å². The molecule has 0 aliphatic heterocycles. The summed E-state index contributed by atoms with van der Waals surface area (Å²) in [6.07, 6.45) is 1.70. The number of aliphatic hydroxyl groups excluding tert-OH is 1. The van der Waals surface area contributed by atoms with Crippen LogP contribution in [0.4, 0.5) is 0 Å². The van der Waals surface area contributed by atoms with E-state index >= 15 is 0 Å². The molecule has 2 N–H and O–H groups in total. The van der Waals surface area contributed by atoms with Crippen LogP contribution in [0.2, 0.25) is 0 Å². The molecule has 0 bridgehead atoms. The fraction of sp³-hybridized carbons (Fsp3) is 0.778. The number of rotatable bonds is 7. The van der Waals surface area contributed by atoms with Crippen molar-refractivity contribution in [1.29, 1.82) is 0 Å². The van der Waals surface area contributed by atoms with Crippen molar-refractivity contribution in [1.82, 2.24) is 5.32 Å². The zero-order valence-corrected chi connectivity index (χ0v) is 8.41. The number of aliphatic hydroxyl groups is 1. The van der Waals surface area contributed by atoms with E-state index in [-0.39, 0.29) is 31.3 Å². The van der Waals surface area contributed by atoms with Gasteiger partial charge in [-0.1, -0.05) is 0 Å². The lowest BCUT2D eigenvalue weighted by atomic mass is 10.3. The Morgan fingerprint density at radius 2 is 2.00 bits per heavy atom. The summed E-state index contributed by atoms with van der Waals surface area (Å²) < 4.78 is 4.39. The lowest BCUT2D eigenvalue weighted by Crippen LogP contribution is -2.25. The van der Waals surface area contributed by atoms with E-state index in [1.165, 1.54) is 7.11 Å². The molecule has 0 spiro atoms. The lowest BCUT2D eigenvalue weighted by molar-refractivity contribution is -0.142. The highest BCUT2D eigenvalue weighted by molar-refractivity contribution is 5.81. The molecule has 5 nitrogen and oxygen atoms in total. The van der Waals surface area contributed by atoms with Gasteiger partial charge in [-0.25, -0.2) is 0 Å². The van der Waals surface area contributed by atoms with Crippen LogP contribution in [0.25, 0.3) is 0 Å². The molecule has 0 unspecified atom stereocenters. The van der Waals surface area contributed by atoms with Crippen LogP contribution >= 0.6 is 0 Å². The predicted molar refractivity (Wildman–Crippen MR) is 50.6 cm³/mol. The number of methoxy groups -OCH3 is 1. The third kappa shape index (κ3) is 7.54. The van der Waals surface area contributed by atoms with E-state index in [1.54, 1.807) is 0 Å². The minimum atomic E-state index is -0.379. The molecule has 0 aliphatic carbocycles. The van der Waals surface area contributed by atoms with E-state index in [0.29, 0.717) is 13.0 Å². The second kappa shape index (κ2) is 8.50. The molecule has 1 amide bonds. The van der Waals surface area contributed by atoms with E-state index in [9.17, 15) is 9.59 Å². The molecule has 0 saturated heterocycles. The number of carbonyl (C=O) groups is 2. The van der Waals surface area contributed by atoms with Gasteiger partial charge in [0, 0.05) is 19.6 Å². The maximum Gasteiger partial charge on any atom is 0.306 e. The van der Waals surface area contributed by atoms with Crippen molar-refractivity contribution in [2.75, 3.05) is 20.3 Å². The Morgan fingerprint density at radius 1 is 1.29 bits per heavy atom. The van der Waals surface area contributed by atoms with Crippen molar-refractivity contribution in [3.05, 3.63) is 0 Å².